The lowest BCUT2D eigenvalue weighted by Gasteiger charge is -2.45. The van der Waals surface area contributed by atoms with E-state index in [4.69, 9.17) is 0 Å². The van der Waals surface area contributed by atoms with Crippen molar-refractivity contribution in [2.24, 2.45) is 11.8 Å². The van der Waals surface area contributed by atoms with E-state index in [0.29, 0.717) is 22.9 Å². The molecular weight excluding hydrogens is 359 g/mol. The van der Waals surface area contributed by atoms with Crippen molar-refractivity contribution in [1.82, 2.24) is 10.2 Å². The Morgan fingerprint density at radius 1 is 1.35 bits per heavy atom. The molecule has 0 aromatic heterocycles. The van der Waals surface area contributed by atoms with Gasteiger partial charge in [0.1, 0.15) is 5.82 Å². The lowest BCUT2D eigenvalue weighted by molar-refractivity contribution is 0.0444. The Morgan fingerprint density at radius 2 is 1.96 bits per heavy atom. The van der Waals surface area contributed by atoms with E-state index >= 15 is 0 Å². The number of nitrogens with zero attached hydrogens (tertiary/aromatic N) is 1. The molecule has 0 bridgehead atoms. The van der Waals surface area contributed by atoms with Gasteiger partial charge < -0.3 is 5.32 Å². The second kappa shape index (κ2) is 7.31. The lowest BCUT2D eigenvalue weighted by Crippen LogP contribution is -2.56. The number of hydrogen-bond donors (Lipinski definition) is 1. The number of benzene rings is 1. The second-order valence-electron chi connectivity index (χ2n) is 7.47. The third-order valence-corrected chi connectivity index (χ3v) is 5.08. The summed E-state index contributed by atoms with van der Waals surface area (Å²) in [5, 5.41) is 2.89. The van der Waals surface area contributed by atoms with Gasteiger partial charge in [-0.1, -0.05) is 29.8 Å². The third-order valence-electron chi connectivity index (χ3n) is 4.58. The predicted octanol–water partition coefficient (Wildman–Crippen LogP) is 4.07. The summed E-state index contributed by atoms with van der Waals surface area (Å²) < 4.78 is 14.5. The van der Waals surface area contributed by atoms with Crippen molar-refractivity contribution in [1.29, 1.82) is 0 Å². The van der Waals surface area contributed by atoms with Crippen molar-refractivity contribution in [3.8, 4) is 0 Å². The van der Waals surface area contributed by atoms with Crippen LogP contribution in [0.15, 0.2) is 22.7 Å². The van der Waals surface area contributed by atoms with Crippen LogP contribution in [-0.2, 0) is 0 Å². The van der Waals surface area contributed by atoms with Gasteiger partial charge in [-0.3, -0.25) is 9.69 Å². The van der Waals surface area contributed by atoms with Crippen LogP contribution in [0.2, 0.25) is 0 Å². The molecule has 1 aliphatic rings. The minimum absolute atomic E-state index is 0.0874. The van der Waals surface area contributed by atoms with Gasteiger partial charge in [-0.15, -0.1) is 0 Å². The average Bonchev–Trinajstić information content (AvgIpc) is 2.44. The molecule has 2 unspecified atom stereocenters. The molecule has 2 rings (SSSR count). The monoisotopic (exact) mass is 384 g/mol. The molecule has 1 aliphatic heterocycles. The van der Waals surface area contributed by atoms with Gasteiger partial charge in [-0.2, -0.15) is 0 Å². The Morgan fingerprint density at radius 3 is 2.52 bits per heavy atom. The normalized spacial score (nSPS) is 22.9. The van der Waals surface area contributed by atoms with E-state index in [1.165, 1.54) is 18.6 Å². The molecule has 0 saturated carbocycles. The summed E-state index contributed by atoms with van der Waals surface area (Å²) in [5.41, 5.74) is -0.0610. The van der Waals surface area contributed by atoms with Gasteiger partial charge in [-0.05, 0) is 50.3 Å². The fraction of sp³-hybridized carbons (Fsp3) is 0.611. The van der Waals surface area contributed by atoms with Crippen LogP contribution >= 0.6 is 15.9 Å². The largest absolute Gasteiger partial charge is 0.350 e. The molecule has 1 aromatic rings. The maximum absolute atomic E-state index is 13.9. The topological polar surface area (TPSA) is 32.3 Å². The first-order chi connectivity index (χ1) is 10.7. The highest BCUT2D eigenvalue weighted by atomic mass is 79.9. The molecule has 0 spiro atoms. The zero-order valence-electron chi connectivity index (χ0n) is 14.3. The molecule has 1 fully saturated rings. The molecule has 128 valence electrons. The van der Waals surface area contributed by atoms with Crippen LogP contribution in [0.25, 0.3) is 0 Å². The van der Waals surface area contributed by atoms with Gasteiger partial charge in [0.2, 0.25) is 0 Å². The quantitative estimate of drug-likeness (QED) is 0.847. The van der Waals surface area contributed by atoms with E-state index in [1.54, 1.807) is 6.07 Å². The standard InChI is InChI=1S/C18H26BrFN2O/c1-12-7-13(2)10-22(9-12)18(3,4)11-21-17(23)15-6-5-14(19)8-16(15)20/h5-6,8,12-13H,7,9-11H2,1-4H3,(H,21,23). The molecule has 1 heterocycles. The summed E-state index contributed by atoms with van der Waals surface area (Å²) >= 11 is 3.20. The molecule has 3 nitrogen and oxygen atoms in total. The van der Waals surface area contributed by atoms with E-state index in [9.17, 15) is 9.18 Å². The molecule has 1 aromatic carbocycles. The van der Waals surface area contributed by atoms with E-state index in [0.717, 1.165) is 13.1 Å². The van der Waals surface area contributed by atoms with Gasteiger partial charge in [0.15, 0.2) is 0 Å². The van der Waals surface area contributed by atoms with Gasteiger partial charge in [0, 0.05) is 29.6 Å². The minimum atomic E-state index is -0.505. The van der Waals surface area contributed by atoms with Crippen molar-refractivity contribution < 1.29 is 9.18 Å². The van der Waals surface area contributed by atoms with Crippen LogP contribution in [0.1, 0.15) is 44.5 Å². The summed E-state index contributed by atoms with van der Waals surface area (Å²) in [5.74, 6) is 0.464. The molecule has 0 aliphatic carbocycles. The van der Waals surface area contributed by atoms with Crippen molar-refractivity contribution in [2.45, 2.75) is 39.7 Å². The Bertz CT molecular complexity index is 566. The van der Waals surface area contributed by atoms with Crippen LogP contribution in [0.4, 0.5) is 4.39 Å². The summed E-state index contributed by atoms with van der Waals surface area (Å²) in [4.78, 5) is 14.7. The molecule has 2 atom stereocenters. The SMILES string of the molecule is CC1CC(C)CN(C(C)(C)CNC(=O)c2ccc(Br)cc2F)C1. The van der Waals surface area contributed by atoms with Crippen molar-refractivity contribution in [3.05, 3.63) is 34.1 Å². The fourth-order valence-corrected chi connectivity index (χ4v) is 3.67. The second-order valence-corrected chi connectivity index (χ2v) is 8.39. The Hall–Kier alpha value is -0.940. The van der Waals surface area contributed by atoms with Gasteiger partial charge in [-0.25, -0.2) is 4.39 Å². The number of carbonyl (C=O) groups excluding carboxylic acids is 1. The van der Waals surface area contributed by atoms with E-state index < -0.39 is 5.82 Å². The highest BCUT2D eigenvalue weighted by Gasteiger charge is 2.33. The summed E-state index contributed by atoms with van der Waals surface area (Å²) in [6, 6.07) is 4.50. The average molecular weight is 385 g/mol. The highest BCUT2D eigenvalue weighted by molar-refractivity contribution is 9.10. The van der Waals surface area contributed by atoms with Crippen molar-refractivity contribution >= 4 is 21.8 Å². The third kappa shape index (κ3) is 4.77. The molecule has 5 heteroatoms. The Kier molecular flexibility index (Phi) is 5.84. The van der Waals surface area contributed by atoms with Crippen LogP contribution < -0.4 is 5.32 Å². The molecule has 0 radical (unpaired) electrons. The number of rotatable bonds is 4. The summed E-state index contributed by atoms with van der Waals surface area (Å²) in [6.07, 6.45) is 1.25. The van der Waals surface area contributed by atoms with E-state index in [2.05, 4.69) is 53.8 Å². The first-order valence-corrected chi connectivity index (χ1v) is 8.96. The number of amides is 1. The summed E-state index contributed by atoms with van der Waals surface area (Å²) in [6.45, 7) is 11.4. The lowest BCUT2D eigenvalue weighted by atomic mass is 9.88. The Labute approximate surface area is 146 Å². The number of piperidine rings is 1. The molecular formula is C18H26BrFN2O. The first-order valence-electron chi connectivity index (χ1n) is 8.17. The van der Waals surface area contributed by atoms with Gasteiger partial charge in [0.05, 0.1) is 5.56 Å². The minimum Gasteiger partial charge on any atom is -0.350 e. The number of nitrogens with one attached hydrogen (secondary N) is 1. The Balaban J connectivity index is 1.99. The van der Waals surface area contributed by atoms with Crippen LogP contribution in [0.3, 0.4) is 0 Å². The predicted molar refractivity (Wildman–Crippen MR) is 95.0 cm³/mol. The molecule has 1 N–H and O–H groups in total. The smallest absolute Gasteiger partial charge is 0.254 e. The zero-order valence-corrected chi connectivity index (χ0v) is 15.9. The van der Waals surface area contributed by atoms with Gasteiger partial charge in [0.25, 0.3) is 5.91 Å². The fourth-order valence-electron chi connectivity index (χ4n) is 3.33. The van der Waals surface area contributed by atoms with Crippen LogP contribution in [0.5, 0.6) is 0 Å². The molecule has 1 saturated heterocycles. The number of carbonyl (C=O) groups is 1. The number of likely N-dealkylation sites (tertiary alicyclic amines) is 1. The van der Waals surface area contributed by atoms with E-state index in [1.807, 2.05) is 0 Å². The summed E-state index contributed by atoms with van der Waals surface area (Å²) in [7, 11) is 0. The maximum atomic E-state index is 13.9. The van der Waals surface area contributed by atoms with Crippen molar-refractivity contribution in [3.63, 3.8) is 0 Å². The van der Waals surface area contributed by atoms with Crippen LogP contribution in [-0.4, -0.2) is 36.0 Å². The number of hydrogen-bond acceptors (Lipinski definition) is 2. The van der Waals surface area contributed by atoms with E-state index in [-0.39, 0.29) is 17.0 Å². The van der Waals surface area contributed by atoms with Crippen LogP contribution in [0, 0.1) is 17.7 Å². The highest BCUT2D eigenvalue weighted by Crippen LogP contribution is 2.27. The molecule has 23 heavy (non-hydrogen) atoms. The first kappa shape index (κ1) is 18.4. The molecule has 1 amide bonds. The van der Waals surface area contributed by atoms with Crippen molar-refractivity contribution in [2.75, 3.05) is 19.6 Å². The number of halogens is 2. The zero-order chi connectivity index (χ0) is 17.2. The van der Waals surface area contributed by atoms with Gasteiger partial charge >= 0.3 is 0 Å². The maximum Gasteiger partial charge on any atom is 0.254 e.